The van der Waals surface area contributed by atoms with Crippen LogP contribution >= 0.6 is 27.3 Å². The molecule has 0 radical (unpaired) electrons. The quantitative estimate of drug-likeness (QED) is 0.901. The molecule has 3 rings (SSSR count). The van der Waals surface area contributed by atoms with E-state index in [2.05, 4.69) is 37.7 Å². The minimum atomic E-state index is 0.00108. The van der Waals surface area contributed by atoms with E-state index in [9.17, 15) is 4.79 Å². The number of rotatable bonds is 3. The van der Waals surface area contributed by atoms with Crippen LogP contribution in [-0.4, -0.2) is 4.98 Å². The Morgan fingerprint density at radius 1 is 1.47 bits per heavy atom. The van der Waals surface area contributed by atoms with E-state index in [1.165, 1.54) is 11.1 Å². The smallest absolute Gasteiger partial charge is 0.248 e. The summed E-state index contributed by atoms with van der Waals surface area (Å²) in [5.74, 6) is 0. The van der Waals surface area contributed by atoms with Crippen molar-refractivity contribution >= 4 is 27.3 Å². The van der Waals surface area contributed by atoms with Gasteiger partial charge < -0.3 is 10.3 Å². The van der Waals surface area contributed by atoms with Crippen LogP contribution in [0.3, 0.4) is 0 Å². The molecule has 19 heavy (non-hydrogen) atoms. The van der Waals surface area contributed by atoms with Crippen LogP contribution in [0.2, 0.25) is 0 Å². The van der Waals surface area contributed by atoms with Gasteiger partial charge in [0.1, 0.15) is 0 Å². The van der Waals surface area contributed by atoms with Gasteiger partial charge in [0, 0.05) is 24.3 Å². The van der Waals surface area contributed by atoms with E-state index in [4.69, 9.17) is 0 Å². The molecule has 2 aromatic rings. The first-order chi connectivity index (χ1) is 9.22. The predicted molar refractivity (Wildman–Crippen MR) is 81.6 cm³/mol. The van der Waals surface area contributed by atoms with Crippen molar-refractivity contribution < 1.29 is 0 Å². The largest absolute Gasteiger partial charge is 0.326 e. The molecule has 2 aromatic heterocycles. The number of pyridine rings is 1. The normalized spacial score (nSPS) is 18.3. The third-order valence-corrected chi connectivity index (χ3v) is 5.06. The Labute approximate surface area is 124 Å². The molecule has 0 fully saturated rings. The molecule has 0 saturated heterocycles. The monoisotopic (exact) mass is 338 g/mol. The summed E-state index contributed by atoms with van der Waals surface area (Å²) in [5, 5.41) is 5.75. The molecular formula is C14H15BrN2OS. The molecule has 1 aliphatic carbocycles. The Morgan fingerprint density at radius 2 is 2.37 bits per heavy atom. The zero-order valence-electron chi connectivity index (χ0n) is 10.4. The Balaban J connectivity index is 1.75. The lowest BCUT2D eigenvalue weighted by Gasteiger charge is -2.25. The van der Waals surface area contributed by atoms with Gasteiger partial charge in [0.25, 0.3) is 0 Å². The van der Waals surface area contributed by atoms with Gasteiger partial charge in [-0.3, -0.25) is 4.79 Å². The summed E-state index contributed by atoms with van der Waals surface area (Å²) in [4.78, 5) is 14.3. The lowest BCUT2D eigenvalue weighted by molar-refractivity contribution is 0.454. The van der Waals surface area contributed by atoms with E-state index >= 15 is 0 Å². The van der Waals surface area contributed by atoms with Crippen LogP contribution in [0.1, 0.15) is 35.7 Å². The molecule has 2 heterocycles. The van der Waals surface area contributed by atoms with Gasteiger partial charge in [0.05, 0.1) is 3.79 Å². The van der Waals surface area contributed by atoms with Crippen LogP contribution in [0, 0.1) is 0 Å². The zero-order valence-corrected chi connectivity index (χ0v) is 12.8. The highest BCUT2D eigenvalue weighted by atomic mass is 79.9. The molecule has 0 spiro atoms. The Hall–Kier alpha value is -0.910. The number of fused-ring (bicyclic) bond motifs is 1. The Kier molecular flexibility index (Phi) is 3.86. The number of halogens is 1. The maximum Gasteiger partial charge on any atom is 0.248 e. The SMILES string of the molecule is O=c1ccc2c([nH]1)CCC[C@H]2NCc1csc(Br)c1. The van der Waals surface area contributed by atoms with Gasteiger partial charge in [-0.05, 0) is 57.8 Å². The summed E-state index contributed by atoms with van der Waals surface area (Å²) in [6.07, 6.45) is 3.23. The molecule has 0 saturated carbocycles. The van der Waals surface area contributed by atoms with Crippen molar-refractivity contribution in [2.45, 2.75) is 31.8 Å². The predicted octanol–water partition coefficient (Wildman–Crippen LogP) is 3.37. The molecule has 0 aromatic carbocycles. The maximum absolute atomic E-state index is 11.4. The highest BCUT2D eigenvalue weighted by Crippen LogP contribution is 2.28. The molecule has 0 unspecified atom stereocenters. The van der Waals surface area contributed by atoms with E-state index in [1.807, 2.05) is 6.07 Å². The van der Waals surface area contributed by atoms with Gasteiger partial charge >= 0.3 is 0 Å². The first-order valence-electron chi connectivity index (χ1n) is 6.41. The lowest BCUT2D eigenvalue weighted by Crippen LogP contribution is -2.26. The maximum atomic E-state index is 11.4. The molecule has 3 nitrogen and oxygen atoms in total. The number of nitrogens with one attached hydrogen (secondary N) is 2. The number of hydrogen-bond acceptors (Lipinski definition) is 3. The van der Waals surface area contributed by atoms with Crippen molar-refractivity contribution in [3.63, 3.8) is 0 Å². The van der Waals surface area contributed by atoms with E-state index in [-0.39, 0.29) is 5.56 Å². The average molecular weight is 339 g/mol. The average Bonchev–Trinajstić information content (AvgIpc) is 2.81. The first kappa shape index (κ1) is 13.1. The lowest BCUT2D eigenvalue weighted by atomic mass is 9.91. The number of H-pyrrole nitrogens is 1. The van der Waals surface area contributed by atoms with Crippen LogP contribution in [0.4, 0.5) is 0 Å². The second-order valence-corrected chi connectivity index (χ2v) is 7.13. The van der Waals surface area contributed by atoms with Crippen LogP contribution in [0.25, 0.3) is 0 Å². The summed E-state index contributed by atoms with van der Waals surface area (Å²) < 4.78 is 1.16. The second-order valence-electron chi connectivity index (χ2n) is 4.84. The summed E-state index contributed by atoms with van der Waals surface area (Å²) in [6.45, 7) is 0.866. The minimum absolute atomic E-state index is 0.00108. The molecule has 0 aliphatic heterocycles. The van der Waals surface area contributed by atoms with Crippen LogP contribution in [0.5, 0.6) is 0 Å². The van der Waals surface area contributed by atoms with Crippen LogP contribution in [0.15, 0.2) is 32.2 Å². The van der Waals surface area contributed by atoms with Gasteiger partial charge in [0.2, 0.25) is 5.56 Å². The van der Waals surface area contributed by atoms with Gasteiger partial charge in [-0.2, -0.15) is 0 Å². The molecule has 5 heteroatoms. The molecular weight excluding hydrogens is 324 g/mol. The number of aromatic amines is 1. The van der Waals surface area contributed by atoms with E-state index in [1.54, 1.807) is 17.4 Å². The van der Waals surface area contributed by atoms with Gasteiger partial charge in [-0.15, -0.1) is 11.3 Å². The third-order valence-electron chi connectivity index (χ3n) is 3.51. The number of aryl methyl sites for hydroxylation is 1. The number of thiophene rings is 1. The van der Waals surface area contributed by atoms with Crippen LogP contribution < -0.4 is 10.9 Å². The van der Waals surface area contributed by atoms with E-state index < -0.39 is 0 Å². The van der Waals surface area contributed by atoms with Gasteiger partial charge in [-0.1, -0.05) is 6.07 Å². The number of hydrogen-bond donors (Lipinski definition) is 2. The van der Waals surface area contributed by atoms with Crippen molar-refractivity contribution in [3.05, 3.63) is 54.5 Å². The van der Waals surface area contributed by atoms with Crippen molar-refractivity contribution in [2.24, 2.45) is 0 Å². The Bertz CT molecular complexity index is 634. The van der Waals surface area contributed by atoms with Crippen molar-refractivity contribution in [1.29, 1.82) is 0 Å². The molecule has 0 bridgehead atoms. The molecule has 0 amide bonds. The fourth-order valence-electron chi connectivity index (χ4n) is 2.59. The van der Waals surface area contributed by atoms with Crippen molar-refractivity contribution in [3.8, 4) is 0 Å². The zero-order chi connectivity index (χ0) is 13.2. The summed E-state index contributed by atoms with van der Waals surface area (Å²) in [6, 6.07) is 6.09. The molecule has 1 aliphatic rings. The van der Waals surface area contributed by atoms with E-state index in [0.29, 0.717) is 6.04 Å². The molecule has 1 atom stereocenters. The minimum Gasteiger partial charge on any atom is -0.326 e. The highest BCUT2D eigenvalue weighted by Gasteiger charge is 2.20. The summed E-state index contributed by atoms with van der Waals surface area (Å²) in [7, 11) is 0. The van der Waals surface area contributed by atoms with Crippen molar-refractivity contribution in [2.75, 3.05) is 0 Å². The molecule has 100 valence electrons. The Morgan fingerprint density at radius 3 is 3.16 bits per heavy atom. The summed E-state index contributed by atoms with van der Waals surface area (Å²) >= 11 is 5.19. The van der Waals surface area contributed by atoms with Crippen molar-refractivity contribution in [1.82, 2.24) is 10.3 Å². The topological polar surface area (TPSA) is 44.9 Å². The standard InChI is InChI=1S/C14H15BrN2OS/c15-13-6-9(8-19-13)7-16-11-2-1-3-12-10(11)4-5-14(18)17-12/h4-6,8,11,16H,1-3,7H2,(H,17,18)/t11-/m1/s1. The molecule has 2 N–H and O–H groups in total. The fourth-order valence-corrected chi connectivity index (χ4v) is 3.80. The number of aromatic nitrogens is 1. The first-order valence-corrected chi connectivity index (χ1v) is 8.08. The van der Waals surface area contributed by atoms with Gasteiger partial charge in [0.15, 0.2) is 0 Å². The fraction of sp³-hybridized carbons (Fsp3) is 0.357. The second kappa shape index (κ2) is 5.61. The van der Waals surface area contributed by atoms with Gasteiger partial charge in [-0.25, -0.2) is 0 Å². The van der Waals surface area contributed by atoms with E-state index in [0.717, 1.165) is 35.3 Å². The van der Waals surface area contributed by atoms with Crippen LogP contribution in [-0.2, 0) is 13.0 Å². The third kappa shape index (κ3) is 2.99. The summed E-state index contributed by atoms with van der Waals surface area (Å²) in [5.41, 5.74) is 3.65. The highest BCUT2D eigenvalue weighted by molar-refractivity contribution is 9.11.